The van der Waals surface area contributed by atoms with Crippen molar-refractivity contribution in [2.24, 2.45) is 5.92 Å². The molecular formula is C11H18N2O3S3. The smallest absolute Gasteiger partial charge is 0.274 e. The minimum Gasteiger partial charge on any atom is -0.274 e. The molecule has 108 valence electrons. The van der Waals surface area contributed by atoms with Gasteiger partial charge in [-0.1, -0.05) is 43.4 Å². The number of nitrogens with one attached hydrogen (secondary N) is 1. The van der Waals surface area contributed by atoms with Gasteiger partial charge in [-0.25, -0.2) is 18.1 Å². The van der Waals surface area contributed by atoms with E-state index in [1.54, 1.807) is 6.92 Å². The lowest BCUT2D eigenvalue weighted by Gasteiger charge is -2.09. The molecule has 1 heterocycles. The monoisotopic (exact) mass is 322 g/mol. The van der Waals surface area contributed by atoms with Gasteiger partial charge in [0.15, 0.2) is 8.55 Å². The highest BCUT2D eigenvalue weighted by atomic mass is 32.3. The predicted molar refractivity (Wildman–Crippen MR) is 78.0 cm³/mol. The van der Waals surface area contributed by atoms with E-state index in [0.29, 0.717) is 10.0 Å². The number of aromatic nitrogens is 1. The third-order valence-electron chi connectivity index (χ3n) is 2.63. The molecule has 1 amide bonds. The van der Waals surface area contributed by atoms with Crippen LogP contribution < -0.4 is 4.72 Å². The van der Waals surface area contributed by atoms with Crippen molar-refractivity contribution in [1.29, 1.82) is 0 Å². The maximum atomic E-state index is 12.1. The van der Waals surface area contributed by atoms with Gasteiger partial charge in [-0.05, 0) is 19.1 Å². The summed E-state index contributed by atoms with van der Waals surface area (Å²) in [5.74, 6) is -0.299. The van der Waals surface area contributed by atoms with Gasteiger partial charge in [0, 0.05) is 6.42 Å². The standard InChI is InChI=1S/C11H18N2O3S3/c1-5-7(2)6-9(14)13-19(15,16)10-8(3)12-11(17-4)18-10/h7H,5-6H2,1-4H3,(H,13,14)/t7-/m0/s1. The van der Waals surface area contributed by atoms with Crippen LogP contribution >= 0.6 is 23.1 Å². The summed E-state index contributed by atoms with van der Waals surface area (Å²) in [5.41, 5.74) is 0.429. The van der Waals surface area contributed by atoms with Crippen LogP contribution in [0.5, 0.6) is 0 Å². The SMILES string of the molecule is CC[C@H](C)CC(=O)NS(=O)(=O)c1sc(SC)nc1C. The summed E-state index contributed by atoms with van der Waals surface area (Å²) < 4.78 is 27.1. The number of aryl methyl sites for hydroxylation is 1. The second kappa shape index (κ2) is 6.71. The number of nitrogens with zero attached hydrogens (tertiary/aromatic N) is 1. The van der Waals surface area contributed by atoms with E-state index >= 15 is 0 Å². The summed E-state index contributed by atoms with van der Waals surface area (Å²) in [6, 6.07) is 0. The van der Waals surface area contributed by atoms with Crippen molar-refractivity contribution in [3.05, 3.63) is 5.69 Å². The fourth-order valence-electron chi connectivity index (χ4n) is 1.39. The van der Waals surface area contributed by atoms with Crippen LogP contribution in [0.3, 0.4) is 0 Å². The first kappa shape index (κ1) is 16.5. The van der Waals surface area contributed by atoms with Crippen molar-refractivity contribution in [3.63, 3.8) is 0 Å². The molecule has 1 atom stereocenters. The quantitative estimate of drug-likeness (QED) is 0.814. The molecule has 0 radical (unpaired) electrons. The zero-order chi connectivity index (χ0) is 14.6. The average molecular weight is 322 g/mol. The molecule has 0 aliphatic rings. The second-order valence-corrected chi connectivity index (χ2v) is 8.23. The van der Waals surface area contributed by atoms with Crippen LogP contribution in [0, 0.1) is 12.8 Å². The van der Waals surface area contributed by atoms with Gasteiger partial charge in [-0.2, -0.15) is 0 Å². The van der Waals surface area contributed by atoms with Crippen molar-refractivity contribution in [2.75, 3.05) is 6.26 Å². The molecule has 0 spiro atoms. The number of amides is 1. The number of carbonyl (C=O) groups is 1. The molecule has 8 heteroatoms. The number of carbonyl (C=O) groups excluding carboxylic acids is 1. The molecule has 1 rings (SSSR count). The third kappa shape index (κ3) is 4.47. The van der Waals surface area contributed by atoms with E-state index in [2.05, 4.69) is 9.71 Å². The first-order chi connectivity index (χ1) is 8.80. The van der Waals surface area contributed by atoms with Crippen molar-refractivity contribution < 1.29 is 13.2 Å². The summed E-state index contributed by atoms with van der Waals surface area (Å²) in [6.07, 6.45) is 2.88. The number of thiazole rings is 1. The summed E-state index contributed by atoms with van der Waals surface area (Å²) in [6.45, 7) is 5.50. The fourth-order valence-corrected chi connectivity index (χ4v) is 4.61. The topological polar surface area (TPSA) is 76.1 Å². The van der Waals surface area contributed by atoms with E-state index < -0.39 is 15.9 Å². The summed E-state index contributed by atoms with van der Waals surface area (Å²) in [5, 5.41) is 0. The van der Waals surface area contributed by atoms with E-state index in [1.807, 2.05) is 20.1 Å². The first-order valence-corrected chi connectivity index (χ1v) is 9.39. The first-order valence-electron chi connectivity index (χ1n) is 5.87. The maximum Gasteiger partial charge on any atom is 0.275 e. The van der Waals surface area contributed by atoms with Crippen molar-refractivity contribution in [2.45, 2.75) is 42.2 Å². The number of thioether (sulfide) groups is 1. The van der Waals surface area contributed by atoms with Crippen LogP contribution in [0.2, 0.25) is 0 Å². The van der Waals surface area contributed by atoms with E-state index in [9.17, 15) is 13.2 Å². The van der Waals surface area contributed by atoms with E-state index in [4.69, 9.17) is 0 Å². The molecule has 1 N–H and O–H groups in total. The number of hydrogen-bond acceptors (Lipinski definition) is 6. The lowest BCUT2D eigenvalue weighted by molar-refractivity contribution is -0.120. The molecule has 0 fully saturated rings. The van der Waals surface area contributed by atoms with Gasteiger partial charge in [0.05, 0.1) is 5.69 Å². The van der Waals surface area contributed by atoms with E-state index in [1.165, 1.54) is 11.8 Å². The fraction of sp³-hybridized carbons (Fsp3) is 0.636. The van der Waals surface area contributed by atoms with Gasteiger partial charge in [-0.3, -0.25) is 4.79 Å². The van der Waals surface area contributed by atoms with Gasteiger partial charge in [0.2, 0.25) is 5.91 Å². The van der Waals surface area contributed by atoms with E-state index in [-0.39, 0.29) is 16.5 Å². The van der Waals surface area contributed by atoms with Crippen LogP contribution in [-0.4, -0.2) is 25.6 Å². The summed E-state index contributed by atoms with van der Waals surface area (Å²) >= 11 is 2.47. The lowest BCUT2D eigenvalue weighted by atomic mass is 10.1. The number of sulfonamides is 1. The molecule has 0 unspecified atom stereocenters. The molecule has 0 bridgehead atoms. The van der Waals surface area contributed by atoms with Crippen LogP contribution in [0.25, 0.3) is 0 Å². The van der Waals surface area contributed by atoms with Crippen molar-refractivity contribution in [1.82, 2.24) is 9.71 Å². The Bertz CT molecular complexity index is 552. The van der Waals surface area contributed by atoms with Crippen LogP contribution in [0.15, 0.2) is 8.55 Å². The molecule has 5 nitrogen and oxygen atoms in total. The van der Waals surface area contributed by atoms with Gasteiger partial charge in [0.1, 0.15) is 0 Å². The zero-order valence-corrected chi connectivity index (χ0v) is 13.8. The van der Waals surface area contributed by atoms with Crippen molar-refractivity contribution >= 4 is 39.0 Å². The zero-order valence-electron chi connectivity index (χ0n) is 11.4. The summed E-state index contributed by atoms with van der Waals surface area (Å²) in [7, 11) is -3.79. The molecule has 19 heavy (non-hydrogen) atoms. The molecular weight excluding hydrogens is 304 g/mol. The maximum absolute atomic E-state index is 12.1. The third-order valence-corrected chi connectivity index (χ3v) is 6.76. The van der Waals surface area contributed by atoms with Crippen molar-refractivity contribution in [3.8, 4) is 0 Å². The van der Waals surface area contributed by atoms with E-state index in [0.717, 1.165) is 17.8 Å². The van der Waals surface area contributed by atoms with Gasteiger partial charge in [0.25, 0.3) is 10.0 Å². The minimum atomic E-state index is -3.79. The van der Waals surface area contributed by atoms with Gasteiger partial charge >= 0.3 is 0 Å². The van der Waals surface area contributed by atoms with Gasteiger partial charge in [-0.15, -0.1) is 0 Å². The largest absolute Gasteiger partial charge is 0.275 e. The van der Waals surface area contributed by atoms with Gasteiger partial charge < -0.3 is 0 Å². The lowest BCUT2D eigenvalue weighted by Crippen LogP contribution is -2.31. The highest BCUT2D eigenvalue weighted by Gasteiger charge is 2.24. The second-order valence-electron chi connectivity index (χ2n) is 4.30. The Balaban J connectivity index is 2.86. The van der Waals surface area contributed by atoms with Crippen LogP contribution in [0.1, 0.15) is 32.4 Å². The van der Waals surface area contributed by atoms with Crippen LogP contribution in [0.4, 0.5) is 0 Å². The Hall–Kier alpha value is -0.600. The Kier molecular flexibility index (Phi) is 5.82. The Morgan fingerprint density at radius 2 is 2.16 bits per heavy atom. The number of hydrogen-bond donors (Lipinski definition) is 1. The molecule has 0 aromatic carbocycles. The number of rotatable bonds is 6. The Morgan fingerprint density at radius 3 is 2.63 bits per heavy atom. The highest BCUT2D eigenvalue weighted by molar-refractivity contribution is 8.00. The minimum absolute atomic E-state index is 0.120. The summed E-state index contributed by atoms with van der Waals surface area (Å²) in [4.78, 5) is 15.8. The Labute approximate surface area is 122 Å². The molecule has 0 aliphatic carbocycles. The van der Waals surface area contributed by atoms with Crippen LogP contribution in [-0.2, 0) is 14.8 Å². The molecule has 1 aromatic rings. The average Bonchev–Trinajstić information content (AvgIpc) is 2.70. The molecule has 0 aliphatic heterocycles. The highest BCUT2D eigenvalue weighted by Crippen LogP contribution is 2.28. The normalized spacial score (nSPS) is 13.3. The molecule has 0 saturated heterocycles. The molecule has 1 aromatic heterocycles. The predicted octanol–water partition coefficient (Wildman–Crippen LogP) is 2.41. The Morgan fingerprint density at radius 1 is 1.53 bits per heavy atom. The molecule has 0 saturated carbocycles.